The highest BCUT2D eigenvalue weighted by atomic mass is 15.1. The number of rotatable bonds is 6. The number of hydrogen-bond acceptors (Lipinski definition) is 2. The molecule has 110 valence electrons. The van der Waals surface area contributed by atoms with Gasteiger partial charge in [-0.2, -0.15) is 0 Å². The van der Waals surface area contributed by atoms with Crippen LogP contribution >= 0.6 is 0 Å². The third-order valence-electron chi connectivity index (χ3n) is 4.69. The van der Waals surface area contributed by atoms with Gasteiger partial charge in [0.15, 0.2) is 0 Å². The fourth-order valence-electron chi connectivity index (χ4n) is 3.37. The molecule has 1 aromatic rings. The molecule has 2 fully saturated rings. The van der Waals surface area contributed by atoms with E-state index >= 15 is 0 Å². The van der Waals surface area contributed by atoms with Crippen molar-refractivity contribution in [3.63, 3.8) is 0 Å². The molecule has 1 saturated carbocycles. The van der Waals surface area contributed by atoms with Gasteiger partial charge in [0, 0.05) is 19.1 Å². The van der Waals surface area contributed by atoms with Crippen LogP contribution in [0.3, 0.4) is 0 Å². The minimum atomic E-state index is 0.584. The Morgan fingerprint density at radius 3 is 2.65 bits per heavy atom. The first-order valence-corrected chi connectivity index (χ1v) is 8.36. The van der Waals surface area contributed by atoms with E-state index in [0.29, 0.717) is 6.04 Å². The molecule has 1 aliphatic carbocycles. The maximum Gasteiger partial charge on any atom is 0.0211 e. The molecule has 1 aliphatic heterocycles. The first-order valence-electron chi connectivity index (χ1n) is 8.36. The Kier molecular flexibility index (Phi) is 4.74. The summed E-state index contributed by atoms with van der Waals surface area (Å²) in [6, 6.07) is 9.57. The fraction of sp³-hybridized carbons (Fsp3) is 0.667. The average Bonchev–Trinajstić information content (AvgIpc) is 3.31. The third kappa shape index (κ3) is 3.83. The zero-order valence-corrected chi connectivity index (χ0v) is 12.8. The van der Waals surface area contributed by atoms with E-state index in [2.05, 4.69) is 41.4 Å². The van der Waals surface area contributed by atoms with Gasteiger partial charge >= 0.3 is 0 Å². The second kappa shape index (κ2) is 6.73. The van der Waals surface area contributed by atoms with Crippen molar-refractivity contribution in [3.05, 3.63) is 35.4 Å². The number of likely N-dealkylation sites (tertiary alicyclic amines) is 1. The van der Waals surface area contributed by atoms with Gasteiger partial charge < -0.3 is 10.2 Å². The molecule has 3 rings (SSSR count). The van der Waals surface area contributed by atoms with Crippen molar-refractivity contribution in [2.24, 2.45) is 0 Å². The van der Waals surface area contributed by atoms with Crippen molar-refractivity contribution in [1.82, 2.24) is 10.2 Å². The van der Waals surface area contributed by atoms with E-state index in [1.807, 2.05) is 0 Å². The normalized spacial score (nSPS) is 21.9. The predicted octanol–water partition coefficient (Wildman–Crippen LogP) is 3.53. The molecule has 2 aliphatic rings. The van der Waals surface area contributed by atoms with Crippen molar-refractivity contribution in [2.75, 3.05) is 19.6 Å². The molecule has 0 amide bonds. The van der Waals surface area contributed by atoms with Crippen molar-refractivity contribution in [1.29, 1.82) is 0 Å². The summed E-state index contributed by atoms with van der Waals surface area (Å²) in [6.45, 7) is 7.15. The molecule has 1 aromatic carbocycles. The van der Waals surface area contributed by atoms with Crippen LogP contribution in [0.25, 0.3) is 0 Å². The quantitative estimate of drug-likeness (QED) is 0.852. The SMILES string of the molecule is CC(CN1CCCCC1)NCc1ccccc1C1CC1. The van der Waals surface area contributed by atoms with Crippen LogP contribution in [-0.2, 0) is 6.54 Å². The summed E-state index contributed by atoms with van der Waals surface area (Å²) in [6.07, 6.45) is 6.97. The Labute approximate surface area is 123 Å². The zero-order chi connectivity index (χ0) is 13.8. The molecule has 1 atom stereocenters. The second-order valence-corrected chi connectivity index (χ2v) is 6.62. The van der Waals surface area contributed by atoms with Crippen LogP contribution in [0.2, 0.25) is 0 Å². The van der Waals surface area contributed by atoms with Crippen molar-refractivity contribution in [2.45, 2.75) is 57.5 Å². The number of benzene rings is 1. The summed E-state index contributed by atoms with van der Waals surface area (Å²) in [5.74, 6) is 0.852. The molecule has 20 heavy (non-hydrogen) atoms. The number of nitrogens with one attached hydrogen (secondary N) is 1. The summed E-state index contributed by atoms with van der Waals surface area (Å²) in [7, 11) is 0. The number of hydrogen-bond donors (Lipinski definition) is 1. The van der Waals surface area contributed by atoms with Crippen LogP contribution < -0.4 is 5.32 Å². The topological polar surface area (TPSA) is 15.3 Å². The van der Waals surface area contributed by atoms with E-state index in [1.54, 1.807) is 5.56 Å². The molecule has 0 aromatic heterocycles. The van der Waals surface area contributed by atoms with Crippen LogP contribution in [-0.4, -0.2) is 30.6 Å². The highest BCUT2D eigenvalue weighted by Gasteiger charge is 2.25. The molecule has 1 unspecified atom stereocenters. The van der Waals surface area contributed by atoms with Crippen LogP contribution in [0, 0.1) is 0 Å². The zero-order valence-electron chi connectivity index (χ0n) is 12.8. The fourth-order valence-corrected chi connectivity index (χ4v) is 3.37. The Hall–Kier alpha value is -0.860. The first-order chi connectivity index (χ1) is 9.83. The largest absolute Gasteiger partial charge is 0.309 e. The Morgan fingerprint density at radius 2 is 1.90 bits per heavy atom. The van der Waals surface area contributed by atoms with E-state index in [4.69, 9.17) is 0 Å². The van der Waals surface area contributed by atoms with Crippen molar-refractivity contribution < 1.29 is 0 Å². The smallest absolute Gasteiger partial charge is 0.0211 e. The highest BCUT2D eigenvalue weighted by Crippen LogP contribution is 2.41. The third-order valence-corrected chi connectivity index (χ3v) is 4.69. The van der Waals surface area contributed by atoms with Gasteiger partial charge in [-0.3, -0.25) is 0 Å². The van der Waals surface area contributed by atoms with Crippen molar-refractivity contribution in [3.8, 4) is 0 Å². The predicted molar refractivity (Wildman–Crippen MR) is 85.0 cm³/mol. The summed E-state index contributed by atoms with van der Waals surface area (Å²) in [5.41, 5.74) is 3.10. The van der Waals surface area contributed by atoms with Crippen molar-refractivity contribution >= 4 is 0 Å². The Balaban J connectivity index is 1.48. The summed E-state index contributed by atoms with van der Waals surface area (Å²) < 4.78 is 0. The summed E-state index contributed by atoms with van der Waals surface area (Å²) >= 11 is 0. The molecule has 1 heterocycles. The standard InChI is InChI=1S/C18H28N2/c1-15(14-20-11-5-2-6-12-20)19-13-17-7-3-4-8-18(17)16-9-10-16/h3-4,7-8,15-16,19H,2,5-6,9-14H2,1H3. The first kappa shape index (κ1) is 14.1. The lowest BCUT2D eigenvalue weighted by atomic mass is 10.0. The lowest BCUT2D eigenvalue weighted by Crippen LogP contribution is -2.41. The van der Waals surface area contributed by atoms with Gasteiger partial charge in [0.1, 0.15) is 0 Å². The summed E-state index contributed by atoms with van der Waals surface area (Å²) in [4.78, 5) is 2.62. The monoisotopic (exact) mass is 272 g/mol. The lowest BCUT2D eigenvalue weighted by molar-refractivity contribution is 0.209. The lowest BCUT2D eigenvalue weighted by Gasteiger charge is -2.29. The van der Waals surface area contributed by atoms with Gasteiger partial charge in [-0.15, -0.1) is 0 Å². The van der Waals surface area contributed by atoms with E-state index in [0.717, 1.165) is 12.5 Å². The molecule has 0 bridgehead atoms. The van der Waals surface area contributed by atoms with Gasteiger partial charge in [-0.05, 0) is 62.7 Å². The minimum absolute atomic E-state index is 0.584. The molecular weight excluding hydrogens is 244 g/mol. The average molecular weight is 272 g/mol. The maximum atomic E-state index is 3.73. The number of nitrogens with zero attached hydrogens (tertiary/aromatic N) is 1. The van der Waals surface area contributed by atoms with E-state index in [9.17, 15) is 0 Å². The molecule has 2 heteroatoms. The molecular formula is C18H28N2. The number of piperidine rings is 1. The molecule has 0 radical (unpaired) electrons. The van der Waals surface area contributed by atoms with Crippen LogP contribution in [0.15, 0.2) is 24.3 Å². The maximum absolute atomic E-state index is 3.73. The molecule has 1 N–H and O–H groups in total. The van der Waals surface area contributed by atoms with Gasteiger partial charge in [0.25, 0.3) is 0 Å². The van der Waals surface area contributed by atoms with Crippen LogP contribution in [0.4, 0.5) is 0 Å². The van der Waals surface area contributed by atoms with Gasteiger partial charge in [-0.25, -0.2) is 0 Å². The molecule has 1 saturated heterocycles. The van der Waals surface area contributed by atoms with Crippen LogP contribution in [0.5, 0.6) is 0 Å². The van der Waals surface area contributed by atoms with Gasteiger partial charge in [-0.1, -0.05) is 30.7 Å². The van der Waals surface area contributed by atoms with E-state index in [1.165, 1.54) is 57.3 Å². The van der Waals surface area contributed by atoms with Gasteiger partial charge in [0.05, 0.1) is 0 Å². The molecule has 2 nitrogen and oxygen atoms in total. The van der Waals surface area contributed by atoms with E-state index in [-0.39, 0.29) is 0 Å². The Bertz CT molecular complexity index is 419. The second-order valence-electron chi connectivity index (χ2n) is 6.62. The molecule has 0 spiro atoms. The minimum Gasteiger partial charge on any atom is -0.309 e. The summed E-state index contributed by atoms with van der Waals surface area (Å²) in [5, 5.41) is 3.73. The highest BCUT2D eigenvalue weighted by molar-refractivity contribution is 5.33. The van der Waals surface area contributed by atoms with Gasteiger partial charge in [0.2, 0.25) is 0 Å². The van der Waals surface area contributed by atoms with Crippen LogP contribution in [0.1, 0.15) is 56.1 Å². The Morgan fingerprint density at radius 1 is 1.15 bits per heavy atom. The van der Waals surface area contributed by atoms with E-state index < -0.39 is 0 Å².